The number of ether oxygens (including phenoxy) is 1. The highest BCUT2D eigenvalue weighted by Gasteiger charge is 2.16. The largest absolute Gasteiger partial charge is 0.486 e. The predicted octanol–water partition coefficient (Wildman–Crippen LogP) is 6.67. The Bertz CT molecular complexity index is 1340. The molecule has 0 atom stereocenters. The van der Waals surface area contributed by atoms with Gasteiger partial charge in [-0.2, -0.15) is 0 Å². The first-order valence-corrected chi connectivity index (χ1v) is 12.3. The highest BCUT2D eigenvalue weighted by molar-refractivity contribution is 6.02. The first-order valence-electron chi connectivity index (χ1n) is 12.3. The monoisotopic (exact) mass is 483 g/mol. The van der Waals surface area contributed by atoms with Crippen LogP contribution in [0.4, 0.5) is 16.2 Å². The molecule has 1 aliphatic heterocycles. The number of anilines is 2. The molecule has 1 saturated heterocycles. The molecule has 1 aromatic heterocycles. The third kappa shape index (κ3) is 5.86. The van der Waals surface area contributed by atoms with Crippen LogP contribution in [0.25, 0.3) is 10.8 Å². The van der Waals surface area contributed by atoms with E-state index >= 15 is 0 Å². The Morgan fingerprint density at radius 1 is 0.778 bits per heavy atom. The lowest BCUT2D eigenvalue weighted by Gasteiger charge is -2.20. The highest BCUT2D eigenvalue weighted by atomic mass is 16.5. The van der Waals surface area contributed by atoms with Gasteiger partial charge in [0.1, 0.15) is 18.1 Å². The molecule has 2 heterocycles. The van der Waals surface area contributed by atoms with Gasteiger partial charge in [-0.25, -0.2) is 4.79 Å². The van der Waals surface area contributed by atoms with Gasteiger partial charge < -0.3 is 24.7 Å². The van der Waals surface area contributed by atoms with Gasteiger partial charge in [-0.05, 0) is 72.1 Å². The molecule has 5 rings (SSSR count). The number of nitrogens with zero attached hydrogens (tertiary/aromatic N) is 1. The summed E-state index contributed by atoms with van der Waals surface area (Å²) in [6.07, 6.45) is 4.44. The molecule has 2 N–H and O–H groups in total. The molecule has 3 amide bonds. The lowest BCUT2D eigenvalue weighted by atomic mass is 10.1. The number of fused-ring (bicyclic) bond motifs is 1. The van der Waals surface area contributed by atoms with Crippen LogP contribution in [-0.4, -0.2) is 29.9 Å². The molecular formula is C29H29N3O4. The van der Waals surface area contributed by atoms with Crippen molar-refractivity contribution in [3.8, 4) is 5.75 Å². The molecule has 184 valence electrons. The first kappa shape index (κ1) is 23.5. The van der Waals surface area contributed by atoms with Crippen molar-refractivity contribution in [2.24, 2.45) is 0 Å². The Labute approximate surface area is 210 Å². The maximum Gasteiger partial charge on any atom is 0.321 e. The minimum atomic E-state index is -0.353. The standard InChI is InChI=1S/C29H29N3O4/c33-28(30-23-10-12-24(13-11-23)31-29(34)32-17-5-1-2-6-18-32)27-16-15-26(36-27)20-35-25-14-9-21-7-3-4-8-22(21)19-25/h3-4,7-16,19H,1-2,5-6,17-18,20H2,(H,30,33)(H,31,34). The zero-order valence-electron chi connectivity index (χ0n) is 20.0. The van der Waals surface area contributed by atoms with E-state index in [9.17, 15) is 9.59 Å². The lowest BCUT2D eigenvalue weighted by molar-refractivity contribution is 0.0992. The molecular weight excluding hydrogens is 454 g/mol. The van der Waals surface area contributed by atoms with E-state index in [4.69, 9.17) is 9.15 Å². The molecule has 7 nitrogen and oxygen atoms in total. The van der Waals surface area contributed by atoms with Gasteiger partial charge in [0.05, 0.1) is 0 Å². The number of urea groups is 1. The zero-order valence-corrected chi connectivity index (χ0v) is 20.0. The van der Waals surface area contributed by atoms with Crippen molar-refractivity contribution in [1.29, 1.82) is 0 Å². The molecule has 3 aromatic carbocycles. The van der Waals surface area contributed by atoms with E-state index in [2.05, 4.69) is 16.7 Å². The van der Waals surface area contributed by atoms with Crippen LogP contribution in [0.5, 0.6) is 5.75 Å². The number of furan rings is 1. The van der Waals surface area contributed by atoms with Crippen molar-refractivity contribution in [3.63, 3.8) is 0 Å². The minimum Gasteiger partial charge on any atom is -0.486 e. The third-order valence-corrected chi connectivity index (χ3v) is 6.27. The van der Waals surface area contributed by atoms with Gasteiger partial charge in [0, 0.05) is 24.5 Å². The fourth-order valence-corrected chi connectivity index (χ4v) is 4.30. The molecule has 0 aliphatic carbocycles. The minimum absolute atomic E-state index is 0.0808. The van der Waals surface area contributed by atoms with Gasteiger partial charge in [-0.1, -0.05) is 43.2 Å². The SMILES string of the molecule is O=C(Nc1ccc(NC(=O)N2CCCCCC2)cc1)c1ccc(COc2ccc3ccccc3c2)o1. The smallest absolute Gasteiger partial charge is 0.321 e. The zero-order chi connectivity index (χ0) is 24.7. The van der Waals surface area contributed by atoms with Crippen LogP contribution in [-0.2, 0) is 6.61 Å². The quantitative estimate of drug-likeness (QED) is 0.321. The average Bonchev–Trinajstić information content (AvgIpc) is 3.21. The number of benzene rings is 3. The number of amides is 3. The molecule has 1 aliphatic rings. The van der Waals surface area contributed by atoms with E-state index in [0.29, 0.717) is 17.1 Å². The van der Waals surface area contributed by atoms with Gasteiger partial charge in [0.25, 0.3) is 5.91 Å². The molecule has 0 unspecified atom stereocenters. The number of carbonyl (C=O) groups excluding carboxylic acids is 2. The second-order valence-electron chi connectivity index (χ2n) is 8.93. The van der Waals surface area contributed by atoms with Crippen LogP contribution < -0.4 is 15.4 Å². The Hall–Kier alpha value is -4.26. The average molecular weight is 484 g/mol. The van der Waals surface area contributed by atoms with Crippen LogP contribution in [0.2, 0.25) is 0 Å². The summed E-state index contributed by atoms with van der Waals surface area (Å²) in [5.74, 6) is 1.14. The van der Waals surface area contributed by atoms with Gasteiger partial charge in [0.2, 0.25) is 0 Å². The summed E-state index contributed by atoms with van der Waals surface area (Å²) in [5, 5.41) is 8.00. The van der Waals surface area contributed by atoms with E-state index in [1.54, 1.807) is 36.4 Å². The summed E-state index contributed by atoms with van der Waals surface area (Å²) in [6.45, 7) is 1.80. The fraction of sp³-hybridized carbons (Fsp3) is 0.241. The Morgan fingerprint density at radius 2 is 1.47 bits per heavy atom. The van der Waals surface area contributed by atoms with Crippen molar-refractivity contribution in [1.82, 2.24) is 4.90 Å². The topological polar surface area (TPSA) is 83.8 Å². The molecule has 7 heteroatoms. The predicted molar refractivity (Wildman–Crippen MR) is 140 cm³/mol. The first-order chi connectivity index (χ1) is 17.6. The maximum absolute atomic E-state index is 12.6. The summed E-state index contributed by atoms with van der Waals surface area (Å²) in [5.41, 5.74) is 1.30. The highest BCUT2D eigenvalue weighted by Crippen LogP contribution is 2.22. The Balaban J connectivity index is 1.13. The van der Waals surface area contributed by atoms with Crippen molar-refractivity contribution in [3.05, 3.63) is 90.4 Å². The summed E-state index contributed by atoms with van der Waals surface area (Å²) in [6, 6.07) is 24.3. The van der Waals surface area contributed by atoms with E-state index in [-0.39, 0.29) is 24.3 Å². The second-order valence-corrected chi connectivity index (χ2v) is 8.93. The van der Waals surface area contributed by atoms with Crippen LogP contribution in [0.3, 0.4) is 0 Å². The van der Waals surface area contributed by atoms with Crippen molar-refractivity contribution in [2.75, 3.05) is 23.7 Å². The van der Waals surface area contributed by atoms with Crippen LogP contribution in [0, 0.1) is 0 Å². The van der Waals surface area contributed by atoms with Crippen molar-refractivity contribution >= 4 is 34.1 Å². The molecule has 1 fully saturated rings. The van der Waals surface area contributed by atoms with Gasteiger partial charge in [0.15, 0.2) is 5.76 Å². The summed E-state index contributed by atoms with van der Waals surface area (Å²) >= 11 is 0. The summed E-state index contributed by atoms with van der Waals surface area (Å²) in [4.78, 5) is 27.0. The van der Waals surface area contributed by atoms with E-state index in [1.165, 1.54) is 12.8 Å². The normalized spacial score (nSPS) is 13.7. The van der Waals surface area contributed by atoms with E-state index in [1.807, 2.05) is 41.3 Å². The Kier molecular flexibility index (Phi) is 7.17. The summed E-state index contributed by atoms with van der Waals surface area (Å²) in [7, 11) is 0. The molecule has 0 spiro atoms. The number of nitrogens with one attached hydrogen (secondary N) is 2. The van der Waals surface area contributed by atoms with Gasteiger partial charge >= 0.3 is 6.03 Å². The van der Waals surface area contributed by atoms with Crippen LogP contribution in [0.15, 0.2) is 83.3 Å². The maximum atomic E-state index is 12.6. The molecule has 0 bridgehead atoms. The van der Waals surface area contributed by atoms with Crippen LogP contribution >= 0.6 is 0 Å². The second kappa shape index (κ2) is 11.0. The van der Waals surface area contributed by atoms with Crippen molar-refractivity contribution < 1.29 is 18.7 Å². The van der Waals surface area contributed by atoms with E-state index < -0.39 is 0 Å². The molecule has 4 aromatic rings. The Morgan fingerprint density at radius 3 is 2.22 bits per heavy atom. The van der Waals surface area contributed by atoms with Crippen molar-refractivity contribution in [2.45, 2.75) is 32.3 Å². The fourth-order valence-electron chi connectivity index (χ4n) is 4.30. The molecule has 0 radical (unpaired) electrons. The summed E-state index contributed by atoms with van der Waals surface area (Å²) < 4.78 is 11.5. The molecule has 36 heavy (non-hydrogen) atoms. The van der Waals surface area contributed by atoms with Gasteiger partial charge in [-0.15, -0.1) is 0 Å². The number of hydrogen-bond donors (Lipinski definition) is 2. The van der Waals surface area contributed by atoms with Gasteiger partial charge in [-0.3, -0.25) is 4.79 Å². The number of carbonyl (C=O) groups is 2. The molecule has 0 saturated carbocycles. The number of hydrogen-bond acceptors (Lipinski definition) is 4. The van der Waals surface area contributed by atoms with E-state index in [0.717, 1.165) is 42.5 Å². The lowest BCUT2D eigenvalue weighted by Crippen LogP contribution is -2.35. The van der Waals surface area contributed by atoms with Crippen LogP contribution in [0.1, 0.15) is 42.0 Å². The third-order valence-electron chi connectivity index (χ3n) is 6.27. The number of likely N-dealkylation sites (tertiary alicyclic amines) is 1. The number of rotatable bonds is 6.